The summed E-state index contributed by atoms with van der Waals surface area (Å²) in [5.41, 5.74) is 5.32. The summed E-state index contributed by atoms with van der Waals surface area (Å²) in [7, 11) is 0. The average molecular weight is 186 g/mol. The molecule has 0 aromatic carbocycles. The molecule has 1 heterocycles. The van der Waals surface area contributed by atoms with E-state index in [4.69, 9.17) is 18.0 Å². The Bertz CT molecular complexity index is 114. The van der Waals surface area contributed by atoms with Gasteiger partial charge in [-0.1, -0.05) is 12.2 Å². The van der Waals surface area contributed by atoms with Gasteiger partial charge in [0.25, 0.3) is 0 Å². The van der Waals surface area contributed by atoms with E-state index in [9.17, 15) is 0 Å². The van der Waals surface area contributed by atoms with Gasteiger partial charge in [0, 0.05) is 13.1 Å². The third-order valence-electron chi connectivity index (χ3n) is 1.28. The summed E-state index contributed by atoms with van der Waals surface area (Å²) in [6.07, 6.45) is 2.57. The first-order valence-electron chi connectivity index (χ1n) is 3.01. The fraction of sp³-hybridized carbons (Fsp3) is 0.800. The number of nitrogens with two attached hydrogens (primary N) is 1. The number of nitrogens with zero attached hydrogens (tertiary/aromatic N) is 1. The summed E-state index contributed by atoms with van der Waals surface area (Å²) in [4.78, 5) is 0. The van der Waals surface area contributed by atoms with Crippen molar-refractivity contribution in [2.45, 2.75) is 12.8 Å². The Morgan fingerprint density at radius 3 is 2.30 bits per heavy atom. The van der Waals surface area contributed by atoms with E-state index < -0.39 is 0 Å². The van der Waals surface area contributed by atoms with Gasteiger partial charge in [-0.15, -0.1) is 0 Å². The zero-order valence-electron chi connectivity index (χ0n) is 5.17. The van der Waals surface area contributed by atoms with E-state index in [0.717, 1.165) is 13.1 Å². The van der Waals surface area contributed by atoms with Gasteiger partial charge in [-0.05, 0) is 24.8 Å². The first-order valence-corrected chi connectivity index (χ1v) is 4.19. The molecule has 2 N–H and O–H groups in total. The normalized spacial score (nSPS) is 18.4. The second kappa shape index (κ2) is 5.80. The van der Waals surface area contributed by atoms with Crippen molar-refractivity contribution in [2.75, 3.05) is 13.1 Å². The van der Waals surface area contributed by atoms with Gasteiger partial charge in [-0.2, -0.15) is 0 Å². The Morgan fingerprint density at radius 2 is 1.90 bits per heavy atom. The van der Waals surface area contributed by atoms with E-state index in [1.54, 1.807) is 0 Å². The number of rotatable bonds is 1. The molecular weight excluding hydrogens is 175 g/mol. The second-order valence-corrected chi connectivity index (χ2v) is 3.88. The first kappa shape index (κ1) is 11.2. The molecule has 54 valence electrons. The van der Waals surface area contributed by atoms with Crippen LogP contribution in [0.5, 0.6) is 0 Å². The van der Waals surface area contributed by atoms with Crippen molar-refractivity contribution >= 4 is 58.0 Å². The van der Waals surface area contributed by atoms with Crippen molar-refractivity contribution in [1.29, 1.82) is 0 Å². The summed E-state index contributed by atoms with van der Waals surface area (Å²) in [6, 6.07) is 0. The third kappa shape index (κ3) is 4.16. The predicted molar refractivity (Wildman–Crippen MR) is 52.3 cm³/mol. The fourth-order valence-corrected chi connectivity index (χ4v) is 1.92. The molecule has 1 fully saturated rings. The molecule has 0 saturated carbocycles. The van der Waals surface area contributed by atoms with E-state index in [1.165, 1.54) is 24.8 Å². The summed E-state index contributed by atoms with van der Waals surface area (Å²) in [6.45, 7) is 2.28. The Hall–Kier alpha value is 1.20. The quantitative estimate of drug-likeness (QED) is 0.363. The Morgan fingerprint density at radius 1 is 1.40 bits per heavy atom. The van der Waals surface area contributed by atoms with E-state index >= 15 is 0 Å². The molecule has 0 aliphatic carbocycles. The average Bonchev–Trinajstić information content (AvgIpc) is 2.15. The molecule has 0 radical (unpaired) electrons. The van der Waals surface area contributed by atoms with Crippen LogP contribution in [0.25, 0.3) is 0 Å². The number of hydrogen-bond acceptors (Lipinski definition) is 3. The molecule has 1 aliphatic heterocycles. The van der Waals surface area contributed by atoms with Crippen LogP contribution >= 0.6 is 24.2 Å². The van der Waals surface area contributed by atoms with Crippen LogP contribution in [0.15, 0.2) is 0 Å². The van der Waals surface area contributed by atoms with Crippen molar-refractivity contribution in [1.82, 2.24) is 4.31 Å². The maximum atomic E-state index is 5.32. The van der Waals surface area contributed by atoms with Crippen LogP contribution in [-0.4, -0.2) is 51.3 Å². The van der Waals surface area contributed by atoms with Gasteiger partial charge < -0.3 is 5.73 Å². The van der Waals surface area contributed by atoms with E-state index in [2.05, 4.69) is 4.31 Å². The Balaban J connectivity index is 0.000000810. The van der Waals surface area contributed by atoms with Crippen molar-refractivity contribution < 1.29 is 0 Å². The van der Waals surface area contributed by atoms with Gasteiger partial charge in [-0.25, -0.2) is 4.31 Å². The van der Waals surface area contributed by atoms with Crippen LogP contribution in [0, 0.1) is 0 Å². The van der Waals surface area contributed by atoms with Gasteiger partial charge in [0.2, 0.25) is 0 Å². The molecule has 0 amide bonds. The van der Waals surface area contributed by atoms with Crippen LogP contribution in [0.3, 0.4) is 0 Å². The fourth-order valence-electron chi connectivity index (χ4n) is 0.907. The summed E-state index contributed by atoms with van der Waals surface area (Å²) in [5, 5.41) is 0. The Kier molecular flexibility index (Phi) is 6.50. The van der Waals surface area contributed by atoms with Gasteiger partial charge in [0.15, 0.2) is 0 Å². The molecule has 0 aromatic heterocycles. The summed E-state index contributed by atoms with van der Waals surface area (Å²) >= 11 is 6.24. The van der Waals surface area contributed by atoms with Gasteiger partial charge in [0.05, 0.1) is 0 Å². The maximum absolute atomic E-state index is 5.32. The summed E-state index contributed by atoms with van der Waals surface area (Å²) < 4.78 is 2.75. The zero-order chi connectivity index (χ0) is 6.69. The van der Waals surface area contributed by atoms with Crippen LogP contribution < -0.4 is 5.73 Å². The van der Waals surface area contributed by atoms with Crippen molar-refractivity contribution in [2.24, 2.45) is 5.73 Å². The van der Waals surface area contributed by atoms with Gasteiger partial charge in [-0.3, -0.25) is 0 Å². The minimum atomic E-state index is 0. The molecule has 0 bridgehead atoms. The molecule has 0 aromatic rings. The van der Waals surface area contributed by atoms with Gasteiger partial charge in [0.1, 0.15) is 4.32 Å². The molecule has 1 saturated heterocycles. The molecule has 1 aliphatic rings. The SMILES string of the molecule is NC(=S)SN1CCCC1.[NaH]. The monoisotopic (exact) mass is 186 g/mol. The van der Waals surface area contributed by atoms with Crippen molar-refractivity contribution in [3.05, 3.63) is 0 Å². The molecule has 2 nitrogen and oxygen atoms in total. The summed E-state index contributed by atoms with van der Waals surface area (Å²) in [5.74, 6) is 0. The topological polar surface area (TPSA) is 29.3 Å². The van der Waals surface area contributed by atoms with Crippen LogP contribution in [-0.2, 0) is 0 Å². The Labute approximate surface area is 93.3 Å². The molecule has 0 unspecified atom stereocenters. The van der Waals surface area contributed by atoms with Crippen LogP contribution in [0.1, 0.15) is 12.8 Å². The number of thiocarbonyl (C=S) groups is 1. The molecule has 1 rings (SSSR count). The zero-order valence-corrected chi connectivity index (χ0v) is 6.80. The predicted octanol–water partition coefficient (Wildman–Crippen LogP) is 0.325. The first-order chi connectivity index (χ1) is 4.29. The molecule has 5 heteroatoms. The van der Waals surface area contributed by atoms with Crippen LogP contribution in [0.2, 0.25) is 0 Å². The van der Waals surface area contributed by atoms with E-state index in [0.29, 0.717) is 4.32 Å². The van der Waals surface area contributed by atoms with Crippen molar-refractivity contribution in [3.63, 3.8) is 0 Å². The molecule has 10 heavy (non-hydrogen) atoms. The van der Waals surface area contributed by atoms with E-state index in [1.807, 2.05) is 0 Å². The third-order valence-corrected chi connectivity index (χ3v) is 2.31. The van der Waals surface area contributed by atoms with Crippen molar-refractivity contribution in [3.8, 4) is 0 Å². The number of hydrogen-bond donors (Lipinski definition) is 1. The minimum absolute atomic E-state index is 0. The van der Waals surface area contributed by atoms with E-state index in [-0.39, 0.29) is 29.6 Å². The molecule has 0 atom stereocenters. The van der Waals surface area contributed by atoms with Crippen LogP contribution in [0.4, 0.5) is 0 Å². The molecule has 0 spiro atoms. The second-order valence-electron chi connectivity index (χ2n) is 2.05. The molecular formula is C5H11N2NaS2. The van der Waals surface area contributed by atoms with Gasteiger partial charge >= 0.3 is 29.6 Å². The standard InChI is InChI=1S/C5H10N2S2.Na.H/c6-5(8)9-7-3-1-2-4-7;;/h1-4H2,(H2,6,8);;.